The summed E-state index contributed by atoms with van der Waals surface area (Å²) in [5.41, 5.74) is 5.31. The van der Waals surface area contributed by atoms with Crippen molar-refractivity contribution in [3.8, 4) is 0 Å². The van der Waals surface area contributed by atoms with Gasteiger partial charge in [-0.3, -0.25) is 29.1 Å². The SMILES string of the molecule is CCCN(Cc1ccc(C)cc1)C(=O)Cn1cc([N+](=O)[O-])cc(C(N)=O)c1=O. The molecule has 0 saturated heterocycles. The zero-order valence-corrected chi connectivity index (χ0v) is 15.8. The molecule has 28 heavy (non-hydrogen) atoms. The number of aromatic nitrogens is 1. The minimum atomic E-state index is -1.08. The van der Waals surface area contributed by atoms with Gasteiger partial charge in [0, 0.05) is 19.2 Å². The number of hydrogen-bond acceptors (Lipinski definition) is 5. The Kier molecular flexibility index (Phi) is 6.64. The molecule has 0 bridgehead atoms. The average molecular weight is 386 g/mol. The van der Waals surface area contributed by atoms with Crippen LogP contribution in [0.15, 0.2) is 41.3 Å². The Labute approximate surface area is 161 Å². The first-order valence-corrected chi connectivity index (χ1v) is 8.75. The maximum Gasteiger partial charge on any atom is 0.286 e. The van der Waals surface area contributed by atoms with Gasteiger partial charge in [-0.15, -0.1) is 0 Å². The molecule has 0 atom stereocenters. The van der Waals surface area contributed by atoms with Crippen molar-refractivity contribution in [2.24, 2.45) is 5.73 Å². The lowest BCUT2D eigenvalue weighted by Crippen LogP contribution is -2.38. The van der Waals surface area contributed by atoms with Gasteiger partial charge in [0.2, 0.25) is 5.91 Å². The van der Waals surface area contributed by atoms with Crippen LogP contribution in [-0.2, 0) is 17.9 Å². The number of hydrogen-bond donors (Lipinski definition) is 1. The quantitative estimate of drug-likeness (QED) is 0.544. The number of nitro groups is 1. The van der Waals surface area contributed by atoms with E-state index in [0.717, 1.165) is 28.0 Å². The van der Waals surface area contributed by atoms with Gasteiger partial charge in [-0.2, -0.15) is 0 Å². The van der Waals surface area contributed by atoms with Crippen LogP contribution in [0.3, 0.4) is 0 Å². The lowest BCUT2D eigenvalue weighted by Gasteiger charge is -2.23. The molecule has 0 radical (unpaired) electrons. The molecule has 148 valence electrons. The van der Waals surface area contributed by atoms with E-state index in [1.165, 1.54) is 0 Å². The minimum Gasteiger partial charge on any atom is -0.365 e. The van der Waals surface area contributed by atoms with Crippen molar-refractivity contribution >= 4 is 17.5 Å². The largest absolute Gasteiger partial charge is 0.365 e. The molecule has 9 nitrogen and oxygen atoms in total. The lowest BCUT2D eigenvalue weighted by atomic mass is 10.1. The molecule has 0 spiro atoms. The summed E-state index contributed by atoms with van der Waals surface area (Å²) < 4.78 is 0.859. The van der Waals surface area contributed by atoms with Crippen LogP contribution >= 0.6 is 0 Å². The molecule has 0 unspecified atom stereocenters. The van der Waals surface area contributed by atoms with Gasteiger partial charge < -0.3 is 10.6 Å². The summed E-state index contributed by atoms with van der Waals surface area (Å²) in [6.07, 6.45) is 1.65. The molecule has 9 heteroatoms. The van der Waals surface area contributed by atoms with Crippen molar-refractivity contribution in [1.29, 1.82) is 0 Å². The molecule has 2 rings (SSSR count). The Morgan fingerprint density at radius 1 is 1.25 bits per heavy atom. The van der Waals surface area contributed by atoms with Crippen molar-refractivity contribution in [3.63, 3.8) is 0 Å². The Morgan fingerprint density at radius 2 is 1.89 bits per heavy atom. The summed E-state index contributed by atoms with van der Waals surface area (Å²) in [6.45, 7) is 4.26. The number of benzene rings is 1. The fraction of sp³-hybridized carbons (Fsp3) is 0.316. The monoisotopic (exact) mass is 386 g/mol. The summed E-state index contributed by atoms with van der Waals surface area (Å²) in [4.78, 5) is 48.5. The maximum absolute atomic E-state index is 12.8. The van der Waals surface area contributed by atoms with Crippen molar-refractivity contribution in [1.82, 2.24) is 9.47 Å². The third-order valence-electron chi connectivity index (χ3n) is 4.19. The first-order valence-electron chi connectivity index (χ1n) is 8.75. The third-order valence-corrected chi connectivity index (χ3v) is 4.19. The van der Waals surface area contributed by atoms with E-state index in [0.29, 0.717) is 19.5 Å². The van der Waals surface area contributed by atoms with Crippen LogP contribution in [-0.4, -0.2) is 32.7 Å². The Bertz CT molecular complexity index is 950. The van der Waals surface area contributed by atoms with Crippen LogP contribution in [0.2, 0.25) is 0 Å². The summed E-state index contributed by atoms with van der Waals surface area (Å²) in [7, 11) is 0. The Balaban J connectivity index is 2.31. The molecule has 0 saturated carbocycles. The number of nitrogens with zero attached hydrogens (tertiary/aromatic N) is 3. The zero-order chi connectivity index (χ0) is 20.8. The highest BCUT2D eigenvalue weighted by Crippen LogP contribution is 2.12. The second-order valence-electron chi connectivity index (χ2n) is 6.47. The molecule has 0 aliphatic heterocycles. The van der Waals surface area contributed by atoms with Crippen LogP contribution < -0.4 is 11.3 Å². The molecule has 1 heterocycles. The van der Waals surface area contributed by atoms with Crippen LogP contribution in [0, 0.1) is 17.0 Å². The topological polar surface area (TPSA) is 129 Å². The van der Waals surface area contributed by atoms with E-state index in [1.54, 1.807) is 4.90 Å². The van der Waals surface area contributed by atoms with E-state index in [2.05, 4.69) is 0 Å². The first-order chi connectivity index (χ1) is 13.2. The molecule has 2 N–H and O–H groups in total. The lowest BCUT2D eigenvalue weighted by molar-refractivity contribution is -0.385. The fourth-order valence-corrected chi connectivity index (χ4v) is 2.74. The highest BCUT2D eigenvalue weighted by Gasteiger charge is 2.20. The van der Waals surface area contributed by atoms with E-state index < -0.39 is 34.2 Å². The van der Waals surface area contributed by atoms with E-state index in [4.69, 9.17) is 5.73 Å². The highest BCUT2D eigenvalue weighted by atomic mass is 16.6. The molecule has 2 amide bonds. The standard InChI is InChI=1S/C19H22N4O5/c1-3-8-21(10-14-6-4-13(2)5-7-14)17(24)12-22-11-15(23(27)28)9-16(18(20)25)19(22)26/h4-7,9,11H,3,8,10,12H2,1-2H3,(H2,20,25). The average Bonchev–Trinajstić information content (AvgIpc) is 2.64. The molecule has 2 aromatic rings. The fourth-order valence-electron chi connectivity index (χ4n) is 2.74. The van der Waals surface area contributed by atoms with Crippen molar-refractivity contribution in [3.05, 3.63) is 73.7 Å². The van der Waals surface area contributed by atoms with Gasteiger partial charge >= 0.3 is 0 Å². The number of amides is 2. The summed E-state index contributed by atoms with van der Waals surface area (Å²) >= 11 is 0. The van der Waals surface area contributed by atoms with Gasteiger partial charge in [0.25, 0.3) is 17.2 Å². The smallest absolute Gasteiger partial charge is 0.286 e. The summed E-state index contributed by atoms with van der Waals surface area (Å²) in [5.74, 6) is -1.47. The van der Waals surface area contributed by atoms with Crippen LogP contribution in [0.25, 0.3) is 0 Å². The normalized spacial score (nSPS) is 10.5. The maximum atomic E-state index is 12.8. The molecular weight excluding hydrogens is 364 g/mol. The number of carbonyl (C=O) groups excluding carboxylic acids is 2. The summed E-state index contributed by atoms with van der Waals surface area (Å²) in [5, 5.41) is 11.1. The molecule has 0 aliphatic rings. The highest BCUT2D eigenvalue weighted by molar-refractivity contribution is 5.93. The predicted octanol–water partition coefficient (Wildman–Crippen LogP) is 1.60. The van der Waals surface area contributed by atoms with Crippen LogP contribution in [0.4, 0.5) is 5.69 Å². The molecule has 0 fully saturated rings. The second kappa shape index (κ2) is 8.94. The van der Waals surface area contributed by atoms with Crippen LogP contribution in [0.1, 0.15) is 34.8 Å². The summed E-state index contributed by atoms with van der Waals surface area (Å²) in [6, 6.07) is 8.52. The van der Waals surface area contributed by atoms with Crippen LogP contribution in [0.5, 0.6) is 0 Å². The first kappa shape index (κ1) is 20.8. The molecule has 1 aromatic carbocycles. The molecule has 1 aromatic heterocycles. The molecule has 0 aliphatic carbocycles. The van der Waals surface area contributed by atoms with Gasteiger partial charge in [-0.05, 0) is 18.9 Å². The Hall–Kier alpha value is -3.49. The predicted molar refractivity (Wildman–Crippen MR) is 103 cm³/mol. The number of rotatable bonds is 8. The number of carbonyl (C=O) groups is 2. The second-order valence-corrected chi connectivity index (χ2v) is 6.47. The van der Waals surface area contributed by atoms with Gasteiger partial charge in [-0.25, -0.2) is 0 Å². The zero-order valence-electron chi connectivity index (χ0n) is 15.8. The van der Waals surface area contributed by atoms with E-state index in [9.17, 15) is 24.5 Å². The van der Waals surface area contributed by atoms with E-state index in [1.807, 2.05) is 38.1 Å². The molecular formula is C19H22N4O5. The van der Waals surface area contributed by atoms with E-state index in [-0.39, 0.29) is 5.91 Å². The number of aryl methyl sites for hydroxylation is 1. The minimum absolute atomic E-state index is 0.347. The van der Waals surface area contributed by atoms with Gasteiger partial charge in [0.05, 0.1) is 11.1 Å². The van der Waals surface area contributed by atoms with Crippen molar-refractivity contribution < 1.29 is 14.5 Å². The van der Waals surface area contributed by atoms with Crippen molar-refractivity contribution in [2.45, 2.75) is 33.4 Å². The number of pyridine rings is 1. The Morgan fingerprint density at radius 3 is 2.43 bits per heavy atom. The third kappa shape index (κ3) is 5.03. The number of nitrogens with two attached hydrogens (primary N) is 1. The number of primary amides is 1. The van der Waals surface area contributed by atoms with Gasteiger partial charge in [0.1, 0.15) is 12.1 Å². The van der Waals surface area contributed by atoms with Gasteiger partial charge in [-0.1, -0.05) is 36.8 Å². The van der Waals surface area contributed by atoms with E-state index >= 15 is 0 Å². The van der Waals surface area contributed by atoms with Crippen molar-refractivity contribution in [2.75, 3.05) is 6.54 Å². The van der Waals surface area contributed by atoms with Gasteiger partial charge in [0.15, 0.2) is 0 Å².